The number of halogens is 3. The summed E-state index contributed by atoms with van der Waals surface area (Å²) in [6, 6.07) is 15.2. The highest BCUT2D eigenvalue weighted by atomic mass is 32.2. The molecule has 0 aliphatic rings. The Morgan fingerprint density at radius 3 is 2.29 bits per heavy atom. The summed E-state index contributed by atoms with van der Waals surface area (Å²) in [7, 11) is 1.59. The van der Waals surface area contributed by atoms with E-state index >= 15 is 0 Å². The van der Waals surface area contributed by atoms with Gasteiger partial charge in [-0.3, -0.25) is 18.5 Å². The van der Waals surface area contributed by atoms with Gasteiger partial charge in [-0.2, -0.15) is 0 Å². The van der Waals surface area contributed by atoms with E-state index in [4.69, 9.17) is 4.42 Å². The Morgan fingerprint density at radius 1 is 0.980 bits per heavy atom. The van der Waals surface area contributed by atoms with Gasteiger partial charge >= 0.3 is 0 Å². The number of hydrogen-bond donors (Lipinski definition) is 1. The van der Waals surface area contributed by atoms with Crippen molar-refractivity contribution in [1.82, 2.24) is 19.9 Å². The summed E-state index contributed by atoms with van der Waals surface area (Å²) in [5.41, 5.74) is 1.96. The number of aryl methyl sites for hydroxylation is 1. The Hall–Kier alpha value is -5.34. The van der Waals surface area contributed by atoms with Crippen LogP contribution in [0.1, 0.15) is 35.6 Å². The van der Waals surface area contributed by atoms with E-state index in [2.05, 4.69) is 15.3 Å². The van der Waals surface area contributed by atoms with Crippen LogP contribution in [-0.2, 0) is 17.5 Å². The first-order valence-corrected chi connectivity index (χ1v) is 16.5. The molecule has 0 bridgehead atoms. The van der Waals surface area contributed by atoms with Gasteiger partial charge in [0.15, 0.2) is 5.52 Å². The zero-order chi connectivity index (χ0) is 34.9. The Balaban J connectivity index is 0.00000177. The third-order valence-electron chi connectivity index (χ3n) is 7.71. The zero-order valence-electron chi connectivity index (χ0n) is 27.5. The third-order valence-corrected chi connectivity index (χ3v) is 8.67. The molecule has 0 aliphatic carbocycles. The van der Waals surface area contributed by atoms with Crippen LogP contribution in [0.3, 0.4) is 0 Å². The van der Waals surface area contributed by atoms with Gasteiger partial charge in [0, 0.05) is 54.6 Å². The van der Waals surface area contributed by atoms with Gasteiger partial charge in [0.2, 0.25) is 0 Å². The maximum Gasteiger partial charge on any atom is 0.280 e. The van der Waals surface area contributed by atoms with Crippen LogP contribution in [0, 0.1) is 24.4 Å². The molecule has 1 atom stereocenters. The molecule has 3 aromatic carbocycles. The van der Waals surface area contributed by atoms with Crippen LogP contribution in [0.15, 0.2) is 75.9 Å². The number of nitrogens with zero attached hydrogens (tertiary/aromatic N) is 4. The van der Waals surface area contributed by atoms with Gasteiger partial charge in [-0.25, -0.2) is 27.3 Å². The number of aromatic nitrogens is 3. The van der Waals surface area contributed by atoms with E-state index in [9.17, 15) is 27.0 Å². The van der Waals surface area contributed by atoms with Crippen LogP contribution in [0.5, 0.6) is 0 Å². The SMILES string of the molecule is CC.CNC(=O)c1c(-c2ccc(F)cc2)oc2cc(N(C)S(C)=O)c(-c3ccc4nc(C)n(Cc5ccc(F)cc5F)c(=O)c4n3)cc12.O. The van der Waals surface area contributed by atoms with Crippen LogP contribution < -0.4 is 15.2 Å². The van der Waals surface area contributed by atoms with Crippen molar-refractivity contribution in [2.45, 2.75) is 27.3 Å². The molecule has 0 saturated carbocycles. The molecule has 6 aromatic rings. The number of anilines is 1. The van der Waals surface area contributed by atoms with Crippen molar-refractivity contribution in [2.75, 3.05) is 24.7 Å². The zero-order valence-corrected chi connectivity index (χ0v) is 28.3. The van der Waals surface area contributed by atoms with Gasteiger partial charge in [-0.05, 0) is 55.5 Å². The van der Waals surface area contributed by atoms with Gasteiger partial charge in [0.05, 0.1) is 29.0 Å². The molecule has 1 unspecified atom stereocenters. The van der Waals surface area contributed by atoms with Gasteiger partial charge in [-0.15, -0.1) is 0 Å². The third kappa shape index (κ3) is 6.96. The van der Waals surface area contributed by atoms with Crippen LogP contribution in [0.25, 0.3) is 44.6 Å². The fourth-order valence-electron chi connectivity index (χ4n) is 5.26. The summed E-state index contributed by atoms with van der Waals surface area (Å²) in [5.74, 6) is -1.92. The molecule has 0 spiro atoms. The van der Waals surface area contributed by atoms with Crippen molar-refractivity contribution in [3.05, 3.63) is 111 Å². The highest BCUT2D eigenvalue weighted by Crippen LogP contribution is 2.40. The number of fused-ring (bicyclic) bond motifs is 2. The molecule has 14 heteroatoms. The molecule has 3 N–H and O–H groups in total. The first kappa shape index (κ1) is 36.5. The van der Waals surface area contributed by atoms with Gasteiger partial charge in [0.25, 0.3) is 11.5 Å². The summed E-state index contributed by atoms with van der Waals surface area (Å²) < 4.78 is 63.3. The molecule has 0 aliphatic heterocycles. The Morgan fingerprint density at radius 2 is 1.65 bits per heavy atom. The minimum absolute atomic E-state index is 0. The molecule has 3 heterocycles. The summed E-state index contributed by atoms with van der Waals surface area (Å²) >= 11 is 0. The first-order valence-electron chi connectivity index (χ1n) is 14.9. The summed E-state index contributed by atoms with van der Waals surface area (Å²) in [6.07, 6.45) is 1.49. The summed E-state index contributed by atoms with van der Waals surface area (Å²) in [4.78, 5) is 36.1. The number of nitrogens with one attached hydrogen (secondary N) is 1. The van der Waals surface area contributed by atoms with Crippen LogP contribution in [0.2, 0.25) is 0 Å². The number of furan rings is 1. The van der Waals surface area contributed by atoms with Crippen molar-refractivity contribution in [3.8, 4) is 22.6 Å². The van der Waals surface area contributed by atoms with E-state index < -0.39 is 39.9 Å². The highest BCUT2D eigenvalue weighted by Gasteiger charge is 2.25. The predicted octanol–water partition coefficient (Wildman–Crippen LogP) is 5.94. The number of pyridine rings is 1. The molecule has 10 nitrogen and oxygen atoms in total. The lowest BCUT2D eigenvalue weighted by Crippen LogP contribution is -2.25. The topological polar surface area (TPSA) is 142 Å². The standard InChI is InChI=1S/C33H26F3N5O4S.C2H6.H2O/c1-17-38-26-12-11-25(39-30(26)33(43)41(17)16-19-7-10-21(35)13-24(19)36)22-14-23-28(15-27(22)40(3)46(4)44)45-31(29(23)32(42)37-2)18-5-8-20(34)9-6-18;1-2;/h5-15H,16H2,1-4H3,(H,37,42);1-2H3;1H2. The Labute approximate surface area is 282 Å². The Kier molecular flexibility index (Phi) is 11.0. The number of hydrogen-bond acceptors (Lipinski definition) is 6. The minimum atomic E-state index is -1.50. The predicted molar refractivity (Wildman–Crippen MR) is 185 cm³/mol. The fraction of sp³-hybridized carbons (Fsp3) is 0.200. The van der Waals surface area contributed by atoms with Crippen LogP contribution in [0.4, 0.5) is 18.9 Å². The maximum atomic E-state index is 14.5. The Bertz CT molecular complexity index is 2270. The van der Waals surface area contributed by atoms with E-state index in [1.165, 1.54) is 52.5 Å². The molecule has 3 aromatic heterocycles. The fourth-order valence-corrected chi connectivity index (χ4v) is 5.68. The number of amides is 1. The smallest absolute Gasteiger partial charge is 0.280 e. The molecule has 6 rings (SSSR count). The number of carbonyl (C=O) groups excluding carboxylic acids is 1. The summed E-state index contributed by atoms with van der Waals surface area (Å²) in [6.45, 7) is 5.41. The maximum absolute atomic E-state index is 14.5. The molecule has 1 amide bonds. The average Bonchev–Trinajstić information content (AvgIpc) is 3.45. The van der Waals surface area contributed by atoms with E-state index in [1.807, 2.05) is 13.8 Å². The van der Waals surface area contributed by atoms with E-state index in [1.54, 1.807) is 38.2 Å². The lowest BCUT2D eigenvalue weighted by molar-refractivity contribution is 0.0964. The van der Waals surface area contributed by atoms with Gasteiger partial charge < -0.3 is 15.2 Å². The lowest BCUT2D eigenvalue weighted by Gasteiger charge is -2.20. The van der Waals surface area contributed by atoms with Crippen molar-refractivity contribution >= 4 is 44.6 Å². The average molecular weight is 694 g/mol. The van der Waals surface area contributed by atoms with Gasteiger partial charge in [0.1, 0.15) is 45.6 Å². The molecular weight excluding hydrogens is 659 g/mol. The van der Waals surface area contributed by atoms with Crippen molar-refractivity contribution in [1.29, 1.82) is 0 Å². The first-order chi connectivity index (χ1) is 23.0. The molecular formula is C35H34F3N5O5S. The van der Waals surface area contributed by atoms with Crippen molar-refractivity contribution in [3.63, 3.8) is 0 Å². The molecule has 0 radical (unpaired) electrons. The molecule has 256 valence electrons. The normalized spacial score (nSPS) is 11.4. The second-order valence-electron chi connectivity index (χ2n) is 10.5. The van der Waals surface area contributed by atoms with Crippen LogP contribution in [-0.4, -0.2) is 50.5 Å². The quantitative estimate of drug-likeness (QED) is 0.220. The second-order valence-corrected chi connectivity index (χ2v) is 11.9. The number of rotatable bonds is 7. The van der Waals surface area contributed by atoms with Crippen LogP contribution >= 0.6 is 0 Å². The van der Waals surface area contributed by atoms with E-state index in [-0.39, 0.29) is 34.4 Å². The van der Waals surface area contributed by atoms with Crippen molar-refractivity contribution < 1.29 is 32.1 Å². The molecule has 0 saturated heterocycles. The molecule has 0 fully saturated rings. The highest BCUT2D eigenvalue weighted by molar-refractivity contribution is 7.85. The minimum Gasteiger partial charge on any atom is -0.455 e. The number of carbonyl (C=O) groups is 1. The largest absolute Gasteiger partial charge is 0.455 e. The second kappa shape index (κ2) is 14.8. The van der Waals surface area contributed by atoms with E-state index in [0.717, 1.165) is 12.1 Å². The number of benzene rings is 3. The van der Waals surface area contributed by atoms with Gasteiger partial charge in [-0.1, -0.05) is 19.9 Å². The molecule has 49 heavy (non-hydrogen) atoms. The lowest BCUT2D eigenvalue weighted by atomic mass is 10.0. The summed E-state index contributed by atoms with van der Waals surface area (Å²) in [5, 5.41) is 3.02. The monoisotopic (exact) mass is 693 g/mol. The van der Waals surface area contributed by atoms with E-state index in [0.29, 0.717) is 44.8 Å². The van der Waals surface area contributed by atoms with Crippen molar-refractivity contribution in [2.24, 2.45) is 0 Å².